The smallest absolute Gasteiger partial charge is 0.269 e. The maximum atomic E-state index is 11.9. The van der Waals surface area contributed by atoms with Gasteiger partial charge < -0.3 is 5.32 Å². The fourth-order valence-electron chi connectivity index (χ4n) is 1.45. The molecular weight excluding hydrogens is 216 g/mol. The number of nitrogens with zero attached hydrogens (tertiary/aromatic N) is 3. The Morgan fingerprint density at radius 3 is 2.88 bits per heavy atom. The Morgan fingerprint density at radius 2 is 2.35 bits per heavy atom. The van der Waals surface area contributed by atoms with Crippen LogP contribution in [0.2, 0.25) is 0 Å². The van der Waals surface area contributed by atoms with Crippen molar-refractivity contribution >= 4 is 5.91 Å². The summed E-state index contributed by atoms with van der Waals surface area (Å²) in [4.78, 5) is 11.9. The van der Waals surface area contributed by atoms with Crippen molar-refractivity contribution in [3.8, 4) is 6.07 Å². The summed E-state index contributed by atoms with van der Waals surface area (Å²) < 4.78 is 1.69. The molecule has 0 spiro atoms. The highest BCUT2D eigenvalue weighted by Gasteiger charge is 2.14. The van der Waals surface area contributed by atoms with E-state index >= 15 is 0 Å². The van der Waals surface area contributed by atoms with Crippen LogP contribution in [-0.2, 0) is 13.0 Å². The molecule has 0 radical (unpaired) electrons. The van der Waals surface area contributed by atoms with Crippen LogP contribution in [0.15, 0.2) is 6.07 Å². The molecule has 0 bridgehead atoms. The predicted molar refractivity (Wildman–Crippen MR) is 64.4 cm³/mol. The Labute approximate surface area is 101 Å². The highest BCUT2D eigenvalue weighted by atomic mass is 16.2. The third kappa shape index (κ3) is 3.31. The van der Waals surface area contributed by atoms with Gasteiger partial charge in [-0.3, -0.25) is 9.48 Å². The van der Waals surface area contributed by atoms with Gasteiger partial charge in [0.2, 0.25) is 0 Å². The summed E-state index contributed by atoms with van der Waals surface area (Å²) in [5.41, 5.74) is 1.47. The summed E-state index contributed by atoms with van der Waals surface area (Å²) in [6.07, 6.45) is 0.807. The van der Waals surface area contributed by atoms with Crippen LogP contribution in [0.4, 0.5) is 0 Å². The maximum Gasteiger partial charge on any atom is 0.269 e. The summed E-state index contributed by atoms with van der Waals surface area (Å²) in [6.45, 7) is 6.75. The lowest BCUT2D eigenvalue weighted by Crippen LogP contribution is -2.29. The summed E-state index contributed by atoms with van der Waals surface area (Å²) in [7, 11) is 0. The van der Waals surface area contributed by atoms with Gasteiger partial charge in [0.05, 0.1) is 17.7 Å². The van der Waals surface area contributed by atoms with Crippen molar-refractivity contribution in [3.05, 3.63) is 17.5 Å². The summed E-state index contributed by atoms with van der Waals surface area (Å²) >= 11 is 0. The summed E-state index contributed by atoms with van der Waals surface area (Å²) in [5.74, 6) is -0.344. The minimum absolute atomic E-state index is 0.166. The van der Waals surface area contributed by atoms with Gasteiger partial charge in [-0.05, 0) is 26.3 Å². The van der Waals surface area contributed by atoms with Crippen molar-refractivity contribution in [3.63, 3.8) is 0 Å². The second kappa shape index (κ2) is 6.04. The highest BCUT2D eigenvalue weighted by molar-refractivity contribution is 5.92. The third-order valence-electron chi connectivity index (χ3n) is 2.51. The van der Waals surface area contributed by atoms with Gasteiger partial charge in [0, 0.05) is 13.1 Å². The first kappa shape index (κ1) is 13.2. The summed E-state index contributed by atoms with van der Waals surface area (Å²) in [6, 6.07) is 3.88. The number of rotatable bonds is 5. The van der Waals surface area contributed by atoms with E-state index in [9.17, 15) is 4.79 Å². The molecule has 92 valence electrons. The quantitative estimate of drug-likeness (QED) is 0.836. The molecule has 5 heteroatoms. The Bertz CT molecular complexity index is 430. The van der Waals surface area contributed by atoms with Crippen molar-refractivity contribution < 1.29 is 4.79 Å². The zero-order valence-electron chi connectivity index (χ0n) is 10.5. The molecule has 17 heavy (non-hydrogen) atoms. The molecule has 0 aromatic carbocycles. The first-order valence-corrected chi connectivity index (χ1v) is 5.86. The first-order chi connectivity index (χ1) is 8.12. The molecule has 1 unspecified atom stereocenters. The molecule has 0 aliphatic heterocycles. The molecule has 0 saturated heterocycles. The molecule has 0 saturated carbocycles. The minimum atomic E-state index is -0.178. The van der Waals surface area contributed by atoms with Crippen molar-refractivity contribution in [1.82, 2.24) is 15.1 Å². The Kier molecular flexibility index (Phi) is 4.70. The monoisotopic (exact) mass is 234 g/mol. The predicted octanol–water partition coefficient (Wildman–Crippen LogP) is 1.35. The number of hydrogen-bond donors (Lipinski definition) is 1. The van der Waals surface area contributed by atoms with Crippen LogP contribution in [0.5, 0.6) is 0 Å². The van der Waals surface area contributed by atoms with E-state index in [1.165, 1.54) is 0 Å². The molecule has 0 aliphatic rings. The molecule has 0 fully saturated rings. The van der Waals surface area contributed by atoms with Gasteiger partial charge in [-0.2, -0.15) is 10.4 Å². The van der Waals surface area contributed by atoms with Gasteiger partial charge >= 0.3 is 0 Å². The average molecular weight is 234 g/mol. The van der Waals surface area contributed by atoms with Crippen LogP contribution in [-0.4, -0.2) is 22.2 Å². The normalized spacial score (nSPS) is 11.9. The fraction of sp³-hybridized carbons (Fsp3) is 0.583. The van der Waals surface area contributed by atoms with Crippen LogP contribution in [0.25, 0.3) is 0 Å². The molecule has 5 nitrogen and oxygen atoms in total. The van der Waals surface area contributed by atoms with E-state index in [1.807, 2.05) is 13.8 Å². The third-order valence-corrected chi connectivity index (χ3v) is 2.51. The largest absolute Gasteiger partial charge is 0.349 e. The summed E-state index contributed by atoms with van der Waals surface area (Å²) in [5, 5.41) is 15.7. The first-order valence-electron chi connectivity index (χ1n) is 5.86. The number of hydrogen-bond acceptors (Lipinski definition) is 3. The van der Waals surface area contributed by atoms with E-state index in [1.54, 1.807) is 17.7 Å². The van der Waals surface area contributed by atoms with Gasteiger partial charge in [-0.1, -0.05) is 6.92 Å². The van der Waals surface area contributed by atoms with Gasteiger partial charge in [-0.25, -0.2) is 0 Å². The lowest BCUT2D eigenvalue weighted by atomic mass is 10.2. The SMILES string of the molecule is CCc1cc(C(=O)NCC(C)C#N)n(CC)n1. The molecule has 1 amide bonds. The van der Waals surface area contributed by atoms with Crippen LogP contribution < -0.4 is 5.32 Å². The van der Waals surface area contributed by atoms with E-state index in [2.05, 4.69) is 16.5 Å². The number of nitrogens with one attached hydrogen (secondary N) is 1. The fourth-order valence-corrected chi connectivity index (χ4v) is 1.45. The zero-order valence-corrected chi connectivity index (χ0v) is 10.5. The topological polar surface area (TPSA) is 70.7 Å². The lowest BCUT2D eigenvalue weighted by Gasteiger charge is -2.07. The second-order valence-electron chi connectivity index (χ2n) is 3.93. The zero-order chi connectivity index (χ0) is 12.8. The van der Waals surface area contributed by atoms with E-state index in [4.69, 9.17) is 5.26 Å². The molecule has 0 aliphatic carbocycles. The van der Waals surface area contributed by atoms with Gasteiger partial charge in [0.15, 0.2) is 0 Å². The van der Waals surface area contributed by atoms with Crippen LogP contribution in [0, 0.1) is 17.2 Å². The van der Waals surface area contributed by atoms with Gasteiger partial charge in [0.25, 0.3) is 5.91 Å². The number of carbonyl (C=O) groups excluding carboxylic acids is 1. The van der Waals surface area contributed by atoms with E-state index in [-0.39, 0.29) is 11.8 Å². The number of carbonyl (C=O) groups is 1. The van der Waals surface area contributed by atoms with Gasteiger partial charge in [0.1, 0.15) is 5.69 Å². The molecular formula is C12H18N4O. The maximum absolute atomic E-state index is 11.9. The Hall–Kier alpha value is -1.83. The number of aromatic nitrogens is 2. The average Bonchev–Trinajstić information content (AvgIpc) is 2.78. The minimum Gasteiger partial charge on any atom is -0.349 e. The van der Waals surface area contributed by atoms with Crippen LogP contribution >= 0.6 is 0 Å². The highest BCUT2D eigenvalue weighted by Crippen LogP contribution is 2.05. The second-order valence-corrected chi connectivity index (χ2v) is 3.93. The van der Waals surface area contributed by atoms with Crippen molar-refractivity contribution in [2.24, 2.45) is 5.92 Å². The molecule has 1 atom stereocenters. The van der Waals surface area contributed by atoms with E-state index < -0.39 is 0 Å². The number of aryl methyl sites for hydroxylation is 2. The van der Waals surface area contributed by atoms with Crippen molar-refractivity contribution in [2.75, 3.05) is 6.54 Å². The Balaban J connectivity index is 2.74. The molecule has 1 aromatic rings. The van der Waals surface area contributed by atoms with E-state index in [0.29, 0.717) is 18.8 Å². The van der Waals surface area contributed by atoms with Crippen molar-refractivity contribution in [1.29, 1.82) is 5.26 Å². The molecule has 1 N–H and O–H groups in total. The van der Waals surface area contributed by atoms with Crippen LogP contribution in [0.1, 0.15) is 37.0 Å². The standard InChI is InChI=1S/C12H18N4O/c1-4-10-6-11(16(5-2)15-10)12(17)14-8-9(3)7-13/h6,9H,4-5,8H2,1-3H3,(H,14,17). The van der Waals surface area contributed by atoms with Crippen LogP contribution in [0.3, 0.4) is 0 Å². The van der Waals surface area contributed by atoms with Gasteiger partial charge in [-0.15, -0.1) is 0 Å². The molecule has 1 aromatic heterocycles. The number of nitriles is 1. The van der Waals surface area contributed by atoms with Crippen molar-refractivity contribution in [2.45, 2.75) is 33.7 Å². The number of amides is 1. The van der Waals surface area contributed by atoms with E-state index in [0.717, 1.165) is 12.1 Å². The molecule has 1 heterocycles. The lowest BCUT2D eigenvalue weighted by molar-refractivity contribution is 0.0940. The molecule has 1 rings (SSSR count). The Morgan fingerprint density at radius 1 is 1.65 bits per heavy atom.